The van der Waals surface area contributed by atoms with E-state index in [9.17, 15) is 28.8 Å². The standard InChI is InChI=1S/C12H16N5O13P3/c1-2-12(19)8(18)6(3-27-32(23,24)30-33(25,26)29-31(20,21)22)28-11(12)17-5-16-7-9(13)14-4-15-10(7)17/h1,4-6,8,11,18-19H,3H2,(H,23,24)(H,25,26)(H2,13,14,15)(H2,20,21,22)/t6-,8-,11-,12-/m1/s1. The molecule has 8 N–H and O–H groups in total. The van der Waals surface area contributed by atoms with Crippen molar-refractivity contribution in [3.8, 4) is 12.3 Å². The maximum Gasteiger partial charge on any atom is 0.490 e. The Morgan fingerprint density at radius 1 is 1.18 bits per heavy atom. The number of phosphoric acid groups is 3. The second kappa shape index (κ2) is 8.77. The zero-order valence-electron chi connectivity index (χ0n) is 15.9. The van der Waals surface area contributed by atoms with E-state index in [0.29, 0.717) is 0 Å². The summed E-state index contributed by atoms with van der Waals surface area (Å²) >= 11 is 0. The quantitative estimate of drug-likeness (QED) is 0.149. The number of anilines is 1. The number of hydrogen-bond acceptors (Lipinski definition) is 13. The summed E-state index contributed by atoms with van der Waals surface area (Å²) in [4.78, 5) is 47.4. The molecule has 1 aliphatic heterocycles. The molecular weight excluding hydrogens is 515 g/mol. The van der Waals surface area contributed by atoms with Gasteiger partial charge in [0.1, 0.15) is 24.1 Å². The van der Waals surface area contributed by atoms with Crippen LogP contribution in [-0.4, -0.2) is 73.7 Å². The van der Waals surface area contributed by atoms with Gasteiger partial charge in [0, 0.05) is 0 Å². The highest BCUT2D eigenvalue weighted by Crippen LogP contribution is 2.66. The molecule has 2 aromatic rings. The SMILES string of the molecule is C#C[C@@]1(O)[C@H](O)[C@@H](COP(=O)(O)OP(=O)(O)OP(=O)(O)O)O[C@H]1n1cnc2c(N)ncnc21. The number of fused-ring (bicyclic) bond motifs is 1. The van der Waals surface area contributed by atoms with E-state index >= 15 is 0 Å². The van der Waals surface area contributed by atoms with Gasteiger partial charge in [-0.3, -0.25) is 9.09 Å². The molecule has 0 aromatic carbocycles. The molecule has 2 unspecified atom stereocenters. The van der Waals surface area contributed by atoms with Crippen LogP contribution in [0.15, 0.2) is 12.7 Å². The van der Waals surface area contributed by atoms with Crippen LogP contribution < -0.4 is 5.73 Å². The summed E-state index contributed by atoms with van der Waals surface area (Å²) in [5, 5.41) is 21.3. The van der Waals surface area contributed by atoms with Crippen molar-refractivity contribution in [1.29, 1.82) is 0 Å². The zero-order chi connectivity index (χ0) is 24.8. The lowest BCUT2D eigenvalue weighted by molar-refractivity contribution is -0.0717. The highest BCUT2D eigenvalue weighted by atomic mass is 31.3. The van der Waals surface area contributed by atoms with Gasteiger partial charge in [-0.05, 0) is 0 Å². The Balaban J connectivity index is 1.79. The van der Waals surface area contributed by atoms with Gasteiger partial charge in [0.05, 0.1) is 12.9 Å². The predicted octanol–water partition coefficient (Wildman–Crippen LogP) is -1.63. The number of rotatable bonds is 8. The number of nitrogen functional groups attached to an aromatic ring is 1. The minimum Gasteiger partial charge on any atom is -0.386 e. The summed E-state index contributed by atoms with van der Waals surface area (Å²) in [7, 11) is -16.8. The van der Waals surface area contributed by atoms with E-state index in [1.54, 1.807) is 0 Å². The Morgan fingerprint density at radius 2 is 1.85 bits per heavy atom. The molecule has 0 saturated carbocycles. The van der Waals surface area contributed by atoms with Crippen molar-refractivity contribution < 1.29 is 61.4 Å². The van der Waals surface area contributed by atoms with Gasteiger partial charge in [0.2, 0.25) is 0 Å². The number of terminal acetylenes is 1. The van der Waals surface area contributed by atoms with Crippen molar-refractivity contribution in [2.45, 2.75) is 24.0 Å². The average Bonchev–Trinajstić information content (AvgIpc) is 3.18. The molecule has 1 aliphatic rings. The highest BCUT2D eigenvalue weighted by Gasteiger charge is 2.56. The maximum absolute atomic E-state index is 11.9. The van der Waals surface area contributed by atoms with Crippen LogP contribution >= 0.6 is 23.5 Å². The third kappa shape index (κ3) is 5.48. The Labute approximate surface area is 183 Å². The molecule has 3 heterocycles. The summed E-state index contributed by atoms with van der Waals surface area (Å²) in [5.41, 5.74) is 3.42. The van der Waals surface area contributed by atoms with Gasteiger partial charge in [0.25, 0.3) is 0 Å². The predicted molar refractivity (Wildman–Crippen MR) is 103 cm³/mol. The molecule has 33 heavy (non-hydrogen) atoms. The van der Waals surface area contributed by atoms with E-state index in [-0.39, 0.29) is 17.0 Å². The largest absolute Gasteiger partial charge is 0.490 e. The van der Waals surface area contributed by atoms with Gasteiger partial charge >= 0.3 is 23.5 Å². The van der Waals surface area contributed by atoms with Gasteiger partial charge in [-0.1, -0.05) is 5.92 Å². The Kier molecular flexibility index (Phi) is 6.86. The van der Waals surface area contributed by atoms with Crippen molar-refractivity contribution in [2.24, 2.45) is 0 Å². The number of nitrogens with zero attached hydrogens (tertiary/aromatic N) is 4. The molecule has 2 aromatic heterocycles. The molecule has 6 atom stereocenters. The summed E-state index contributed by atoms with van der Waals surface area (Å²) in [6, 6.07) is 0. The van der Waals surface area contributed by atoms with Crippen LogP contribution in [0.5, 0.6) is 0 Å². The average molecular weight is 531 g/mol. The molecule has 1 fully saturated rings. The summed E-state index contributed by atoms with van der Waals surface area (Å²) in [6.45, 7) is -1.06. The van der Waals surface area contributed by atoms with Gasteiger partial charge in [0.15, 0.2) is 23.3 Å². The fourth-order valence-corrected chi connectivity index (χ4v) is 5.88. The van der Waals surface area contributed by atoms with Gasteiger partial charge in [-0.15, -0.1) is 6.42 Å². The highest BCUT2D eigenvalue weighted by molar-refractivity contribution is 7.66. The molecule has 0 amide bonds. The lowest BCUT2D eigenvalue weighted by Crippen LogP contribution is -2.45. The number of ether oxygens (including phenoxy) is 1. The first-order valence-electron chi connectivity index (χ1n) is 8.33. The molecule has 0 bridgehead atoms. The van der Waals surface area contributed by atoms with Crippen molar-refractivity contribution >= 4 is 40.4 Å². The Hall–Kier alpha value is -1.80. The van der Waals surface area contributed by atoms with E-state index in [1.165, 1.54) is 0 Å². The first kappa shape index (κ1) is 25.8. The van der Waals surface area contributed by atoms with E-state index in [2.05, 4.69) is 28.1 Å². The summed E-state index contributed by atoms with van der Waals surface area (Å²) < 4.78 is 52.1. The van der Waals surface area contributed by atoms with Crippen molar-refractivity contribution in [3.63, 3.8) is 0 Å². The number of aromatic nitrogens is 4. The van der Waals surface area contributed by atoms with Crippen LogP contribution in [0.2, 0.25) is 0 Å². The fraction of sp³-hybridized carbons (Fsp3) is 0.417. The molecule has 0 radical (unpaired) electrons. The number of imidazole rings is 1. The lowest BCUT2D eigenvalue weighted by Gasteiger charge is -2.26. The van der Waals surface area contributed by atoms with Gasteiger partial charge < -0.3 is 40.3 Å². The second-order valence-corrected chi connectivity index (χ2v) is 10.8. The van der Waals surface area contributed by atoms with Crippen LogP contribution in [0.4, 0.5) is 5.82 Å². The molecule has 1 saturated heterocycles. The van der Waals surface area contributed by atoms with Crippen LogP contribution in [0, 0.1) is 12.3 Å². The van der Waals surface area contributed by atoms with Crippen LogP contribution in [0.1, 0.15) is 6.23 Å². The number of hydrogen-bond donors (Lipinski definition) is 7. The van der Waals surface area contributed by atoms with E-state index < -0.39 is 54.1 Å². The summed E-state index contributed by atoms with van der Waals surface area (Å²) in [5.74, 6) is 1.94. The number of aliphatic hydroxyl groups is 2. The third-order valence-corrected chi connectivity index (χ3v) is 7.97. The lowest BCUT2D eigenvalue weighted by atomic mass is 9.95. The fourth-order valence-electron chi connectivity index (χ4n) is 2.85. The normalized spacial score (nSPS) is 29.4. The number of aliphatic hydroxyl groups excluding tert-OH is 1. The van der Waals surface area contributed by atoms with Gasteiger partial charge in [-0.25, -0.2) is 28.6 Å². The third-order valence-electron chi connectivity index (χ3n) is 4.17. The van der Waals surface area contributed by atoms with E-state index in [0.717, 1.165) is 17.2 Å². The molecule has 18 nitrogen and oxygen atoms in total. The molecule has 0 spiro atoms. The Bertz CT molecular complexity index is 1240. The van der Waals surface area contributed by atoms with Crippen molar-refractivity contribution in [2.75, 3.05) is 12.3 Å². The van der Waals surface area contributed by atoms with Crippen molar-refractivity contribution in [1.82, 2.24) is 19.5 Å². The topological polar surface area (TPSA) is 279 Å². The first-order chi connectivity index (χ1) is 15.1. The monoisotopic (exact) mass is 531 g/mol. The number of nitrogens with two attached hydrogens (primary N) is 1. The number of phosphoric ester groups is 1. The van der Waals surface area contributed by atoms with Crippen LogP contribution in [-0.2, 0) is 31.6 Å². The molecule has 182 valence electrons. The van der Waals surface area contributed by atoms with Crippen LogP contribution in [0.25, 0.3) is 11.2 Å². The minimum absolute atomic E-state index is 0.00856. The second-order valence-electron chi connectivity index (χ2n) is 6.41. The summed E-state index contributed by atoms with van der Waals surface area (Å²) in [6.07, 6.45) is 2.43. The van der Waals surface area contributed by atoms with Crippen molar-refractivity contribution in [3.05, 3.63) is 12.7 Å². The van der Waals surface area contributed by atoms with E-state index in [1.807, 2.05) is 5.92 Å². The first-order valence-corrected chi connectivity index (χ1v) is 12.9. The molecular formula is C12H16N5O13P3. The minimum atomic E-state index is -5.75. The molecule has 0 aliphatic carbocycles. The molecule has 3 rings (SSSR count). The van der Waals surface area contributed by atoms with Crippen LogP contribution in [0.3, 0.4) is 0 Å². The molecule has 21 heteroatoms. The maximum atomic E-state index is 11.9. The van der Waals surface area contributed by atoms with Gasteiger partial charge in [-0.2, -0.15) is 8.62 Å². The van der Waals surface area contributed by atoms with E-state index in [4.69, 9.17) is 31.6 Å². The smallest absolute Gasteiger partial charge is 0.386 e. The Morgan fingerprint density at radius 3 is 2.45 bits per heavy atom. The zero-order valence-corrected chi connectivity index (χ0v) is 18.6.